The lowest BCUT2D eigenvalue weighted by Crippen LogP contribution is -2.36. The van der Waals surface area contributed by atoms with Gasteiger partial charge in [0.15, 0.2) is 0 Å². The van der Waals surface area contributed by atoms with Crippen molar-refractivity contribution in [2.45, 2.75) is 110 Å². The van der Waals surface area contributed by atoms with E-state index in [9.17, 15) is 10.2 Å². The molecule has 0 spiro atoms. The van der Waals surface area contributed by atoms with Gasteiger partial charge in [-0.1, -0.05) is 56.6 Å². The predicted octanol–water partition coefficient (Wildman–Crippen LogP) is 5.91. The molecule has 0 amide bonds. The largest absolute Gasteiger partial charge is 0.412 e. The lowest BCUT2D eigenvalue weighted by molar-refractivity contribution is 0.0596. The van der Waals surface area contributed by atoms with Crippen molar-refractivity contribution in [2.24, 2.45) is 23.2 Å². The Bertz CT molecular complexity index is 654. The van der Waals surface area contributed by atoms with Gasteiger partial charge in [0.1, 0.15) is 0 Å². The first kappa shape index (κ1) is 25.4. The monoisotopic (exact) mass is 418 g/mol. The van der Waals surface area contributed by atoms with E-state index in [4.69, 9.17) is 0 Å². The normalized spacial score (nSPS) is 35.9. The fourth-order valence-corrected chi connectivity index (χ4v) is 6.67. The van der Waals surface area contributed by atoms with Gasteiger partial charge < -0.3 is 15.7 Å². The first-order valence-corrected chi connectivity index (χ1v) is 12.1. The van der Waals surface area contributed by atoms with E-state index in [0.29, 0.717) is 5.41 Å². The highest BCUT2D eigenvalue weighted by Crippen LogP contribution is 2.60. The Labute approximate surface area is 184 Å². The van der Waals surface area contributed by atoms with Crippen molar-refractivity contribution in [1.29, 1.82) is 0 Å². The van der Waals surface area contributed by atoms with Crippen LogP contribution < -0.4 is 0 Å². The third kappa shape index (κ3) is 5.87. The molecule has 0 aliphatic heterocycles. The van der Waals surface area contributed by atoms with Crippen LogP contribution in [0.25, 0.3) is 0 Å². The summed E-state index contributed by atoms with van der Waals surface area (Å²) in [5.74, 6) is 2.26. The number of hydrogen-bond donors (Lipinski definition) is 2. The van der Waals surface area contributed by atoms with Crippen LogP contribution in [0.4, 0.5) is 0 Å². The molecule has 0 radical (unpaired) electrons. The standard InChI is InChI=1S/C27H44O2.H2O/c1-19-10-13-23(28)18-22(19)12-11-21-9-7-17-27(5)24(14-15-25(21)27)20(2)8-6-16-26(3,4)29;/h11-12,20,23-25,28-29H,1,6-10,13-18H2,2-5H3;1H2/t20-,23+,24-,25?,27-;/m1./s1. The molecular weight excluding hydrogens is 372 g/mol. The van der Waals surface area contributed by atoms with Gasteiger partial charge in [-0.15, -0.1) is 0 Å². The maximum Gasteiger partial charge on any atom is 0.0591 e. The second kappa shape index (κ2) is 10.1. The summed E-state index contributed by atoms with van der Waals surface area (Å²) in [6.45, 7) is 13.1. The second-order valence-corrected chi connectivity index (χ2v) is 11.2. The molecular formula is C27H46O3. The van der Waals surface area contributed by atoms with Crippen LogP contribution in [-0.4, -0.2) is 27.4 Å². The number of fused-ring (bicyclic) bond motifs is 1. The molecule has 3 aliphatic rings. The summed E-state index contributed by atoms with van der Waals surface area (Å²) in [7, 11) is 0. The van der Waals surface area contributed by atoms with Crippen LogP contribution in [0.15, 0.2) is 35.5 Å². The second-order valence-electron chi connectivity index (χ2n) is 11.2. The molecule has 0 bridgehead atoms. The van der Waals surface area contributed by atoms with Gasteiger partial charge in [-0.05, 0) is 100 Å². The van der Waals surface area contributed by atoms with Crippen LogP contribution in [0.5, 0.6) is 0 Å². The molecule has 0 aromatic rings. The van der Waals surface area contributed by atoms with E-state index in [-0.39, 0.29) is 11.6 Å². The smallest absolute Gasteiger partial charge is 0.0591 e. The Morgan fingerprint density at radius 1 is 1.20 bits per heavy atom. The number of hydrogen-bond acceptors (Lipinski definition) is 2. The Morgan fingerprint density at radius 2 is 1.93 bits per heavy atom. The van der Waals surface area contributed by atoms with Crippen molar-refractivity contribution in [2.75, 3.05) is 0 Å². The third-order valence-corrected chi connectivity index (χ3v) is 8.36. The van der Waals surface area contributed by atoms with Crippen molar-refractivity contribution in [3.63, 3.8) is 0 Å². The highest BCUT2D eigenvalue weighted by atomic mass is 16.3. The SMILES string of the molecule is C=C1CC[C@H](O)CC1=CC=C1CCC[C@@]2(C)C1CC[C@@H]2[C@H](C)CCCC(C)(C)O.O. The van der Waals surface area contributed by atoms with Crippen LogP contribution in [-0.2, 0) is 0 Å². The molecule has 0 aromatic carbocycles. The Kier molecular flexibility index (Phi) is 8.58. The van der Waals surface area contributed by atoms with E-state index in [2.05, 4.69) is 32.6 Å². The van der Waals surface area contributed by atoms with E-state index in [1.165, 1.54) is 49.7 Å². The molecule has 5 atom stereocenters. The minimum absolute atomic E-state index is 0. The zero-order valence-electron chi connectivity index (χ0n) is 19.8. The molecule has 3 nitrogen and oxygen atoms in total. The minimum atomic E-state index is -0.535. The molecule has 3 fully saturated rings. The number of allylic oxidation sites excluding steroid dienone is 4. The van der Waals surface area contributed by atoms with Crippen LogP contribution in [0.2, 0.25) is 0 Å². The first-order chi connectivity index (χ1) is 13.6. The Hall–Kier alpha value is -0.900. The van der Waals surface area contributed by atoms with Gasteiger partial charge in [0.25, 0.3) is 0 Å². The fourth-order valence-electron chi connectivity index (χ4n) is 6.67. The van der Waals surface area contributed by atoms with Gasteiger partial charge in [0.05, 0.1) is 11.7 Å². The quantitative estimate of drug-likeness (QED) is 0.563. The Balaban J connectivity index is 0.00000320. The average Bonchev–Trinajstić information content (AvgIpc) is 2.99. The van der Waals surface area contributed by atoms with Crippen molar-refractivity contribution >= 4 is 0 Å². The summed E-state index contributed by atoms with van der Waals surface area (Å²) in [6, 6.07) is 0. The maximum atomic E-state index is 10.0. The molecule has 0 aromatic heterocycles. The molecule has 3 rings (SSSR count). The average molecular weight is 419 g/mol. The molecule has 1 unspecified atom stereocenters. The van der Waals surface area contributed by atoms with Crippen LogP contribution in [0.1, 0.15) is 98.3 Å². The molecule has 0 heterocycles. The summed E-state index contributed by atoms with van der Waals surface area (Å²) < 4.78 is 0. The summed E-state index contributed by atoms with van der Waals surface area (Å²) in [5, 5.41) is 20.1. The van der Waals surface area contributed by atoms with E-state index in [1.807, 2.05) is 13.8 Å². The molecule has 3 saturated carbocycles. The van der Waals surface area contributed by atoms with Gasteiger partial charge in [-0.2, -0.15) is 0 Å². The van der Waals surface area contributed by atoms with Crippen molar-refractivity contribution in [1.82, 2.24) is 0 Å². The highest BCUT2D eigenvalue weighted by Gasteiger charge is 2.50. The van der Waals surface area contributed by atoms with E-state index >= 15 is 0 Å². The zero-order valence-corrected chi connectivity index (χ0v) is 19.8. The predicted molar refractivity (Wildman–Crippen MR) is 126 cm³/mol. The lowest BCUT2D eigenvalue weighted by Gasteiger charge is -2.44. The number of aliphatic hydroxyl groups is 2. The summed E-state index contributed by atoms with van der Waals surface area (Å²) >= 11 is 0. The highest BCUT2D eigenvalue weighted by molar-refractivity contribution is 5.36. The van der Waals surface area contributed by atoms with Crippen LogP contribution >= 0.6 is 0 Å². The summed E-state index contributed by atoms with van der Waals surface area (Å²) in [5.41, 5.74) is 4.02. The van der Waals surface area contributed by atoms with Gasteiger partial charge in [0.2, 0.25) is 0 Å². The summed E-state index contributed by atoms with van der Waals surface area (Å²) in [6.07, 6.45) is 16.9. The van der Waals surface area contributed by atoms with Crippen molar-refractivity contribution in [3.8, 4) is 0 Å². The first-order valence-electron chi connectivity index (χ1n) is 12.1. The minimum Gasteiger partial charge on any atom is -0.412 e. The van der Waals surface area contributed by atoms with Gasteiger partial charge in [0, 0.05) is 0 Å². The van der Waals surface area contributed by atoms with Crippen LogP contribution in [0, 0.1) is 23.2 Å². The van der Waals surface area contributed by atoms with Gasteiger partial charge >= 0.3 is 0 Å². The molecule has 3 heteroatoms. The van der Waals surface area contributed by atoms with Gasteiger partial charge in [-0.3, -0.25) is 0 Å². The summed E-state index contributed by atoms with van der Waals surface area (Å²) in [4.78, 5) is 0. The molecule has 0 saturated heterocycles. The van der Waals surface area contributed by atoms with Gasteiger partial charge in [-0.25, -0.2) is 0 Å². The van der Waals surface area contributed by atoms with E-state index in [1.54, 1.807) is 5.57 Å². The van der Waals surface area contributed by atoms with E-state index in [0.717, 1.165) is 49.9 Å². The molecule has 4 N–H and O–H groups in total. The zero-order chi connectivity index (χ0) is 21.2. The van der Waals surface area contributed by atoms with Crippen molar-refractivity contribution in [3.05, 3.63) is 35.5 Å². The maximum absolute atomic E-state index is 10.0. The fraction of sp³-hybridized carbons (Fsp3) is 0.778. The molecule has 30 heavy (non-hydrogen) atoms. The molecule has 172 valence electrons. The van der Waals surface area contributed by atoms with Crippen molar-refractivity contribution < 1.29 is 15.7 Å². The van der Waals surface area contributed by atoms with E-state index < -0.39 is 5.60 Å². The number of aliphatic hydroxyl groups excluding tert-OH is 1. The lowest BCUT2D eigenvalue weighted by atomic mass is 9.60. The third-order valence-electron chi connectivity index (χ3n) is 8.36. The topological polar surface area (TPSA) is 72.0 Å². The van der Waals surface area contributed by atoms with Crippen LogP contribution in [0.3, 0.4) is 0 Å². The molecule has 3 aliphatic carbocycles. The Morgan fingerprint density at radius 3 is 2.63 bits per heavy atom. The number of rotatable bonds is 6.